The van der Waals surface area contributed by atoms with E-state index in [2.05, 4.69) is 26.0 Å². The van der Waals surface area contributed by atoms with Gasteiger partial charge < -0.3 is 10.1 Å². The molecule has 0 spiro atoms. The number of thiocarbonyl (C=S) groups is 1. The number of hydrogen-bond donors (Lipinski definition) is 3. The molecule has 0 aliphatic heterocycles. The van der Waals surface area contributed by atoms with Crippen molar-refractivity contribution in [1.82, 2.24) is 20.9 Å². The molecule has 7 heteroatoms. The van der Waals surface area contributed by atoms with Crippen LogP contribution in [0.1, 0.15) is 31.2 Å². The Bertz CT molecular complexity index is 801. The number of rotatable bonds is 5. The van der Waals surface area contributed by atoms with Gasteiger partial charge in [-0.05, 0) is 67.6 Å². The van der Waals surface area contributed by atoms with Gasteiger partial charge in [-0.2, -0.15) is 10.2 Å². The van der Waals surface area contributed by atoms with Crippen LogP contribution in [0.25, 0.3) is 11.3 Å². The molecule has 3 unspecified atom stereocenters. The van der Waals surface area contributed by atoms with E-state index in [-0.39, 0.29) is 0 Å². The molecule has 2 aliphatic carbocycles. The van der Waals surface area contributed by atoms with Crippen molar-refractivity contribution in [1.29, 1.82) is 0 Å². The minimum Gasteiger partial charge on any atom is -0.497 e. The van der Waals surface area contributed by atoms with Crippen LogP contribution in [0, 0.1) is 11.8 Å². The number of methoxy groups -OCH3 is 1. The summed E-state index contributed by atoms with van der Waals surface area (Å²) in [6, 6.07) is 8.32. The number of aromatic nitrogens is 2. The van der Waals surface area contributed by atoms with Gasteiger partial charge in [-0.15, -0.1) is 0 Å². The molecule has 2 fully saturated rings. The van der Waals surface area contributed by atoms with Gasteiger partial charge in [0.25, 0.3) is 0 Å². The molecule has 2 aliphatic rings. The number of nitrogens with zero attached hydrogens (tertiary/aromatic N) is 2. The summed E-state index contributed by atoms with van der Waals surface area (Å²) < 4.78 is 5.20. The standard InChI is InChI=1S/C19H23N5OS/c1-25-16-6-4-13(5-7-16)18-15(10-20-23-18)11-21-24-19(26)22-17-9-12-2-3-14(17)8-12/h4-7,10-12,14,17H,2-3,8-9H2,1H3,(H,20,23)(H2,22,24,26)/b21-11+. The summed E-state index contributed by atoms with van der Waals surface area (Å²) in [6.45, 7) is 0. The summed E-state index contributed by atoms with van der Waals surface area (Å²) in [4.78, 5) is 0. The number of hydrazone groups is 1. The highest BCUT2D eigenvalue weighted by Crippen LogP contribution is 2.44. The van der Waals surface area contributed by atoms with E-state index in [9.17, 15) is 0 Å². The number of fused-ring (bicyclic) bond motifs is 2. The van der Waals surface area contributed by atoms with Crippen LogP contribution in [-0.4, -0.2) is 34.7 Å². The van der Waals surface area contributed by atoms with Crippen LogP contribution in [0.15, 0.2) is 35.6 Å². The van der Waals surface area contributed by atoms with Crippen LogP contribution in [0.3, 0.4) is 0 Å². The monoisotopic (exact) mass is 369 g/mol. The van der Waals surface area contributed by atoms with E-state index in [4.69, 9.17) is 17.0 Å². The van der Waals surface area contributed by atoms with Gasteiger partial charge in [-0.1, -0.05) is 6.42 Å². The molecule has 0 amide bonds. The predicted octanol–water partition coefficient (Wildman–Crippen LogP) is 3.07. The molecular weight excluding hydrogens is 346 g/mol. The number of benzene rings is 1. The summed E-state index contributed by atoms with van der Waals surface area (Å²) in [5.41, 5.74) is 5.75. The average Bonchev–Trinajstić information content (AvgIpc) is 3.39. The van der Waals surface area contributed by atoms with Crippen molar-refractivity contribution in [3.63, 3.8) is 0 Å². The van der Waals surface area contributed by atoms with Gasteiger partial charge in [0.1, 0.15) is 5.75 Å². The number of nitrogens with one attached hydrogen (secondary N) is 3. The second kappa shape index (κ2) is 7.45. The van der Waals surface area contributed by atoms with E-state index in [1.807, 2.05) is 24.3 Å². The molecule has 6 nitrogen and oxygen atoms in total. The highest BCUT2D eigenvalue weighted by atomic mass is 32.1. The summed E-state index contributed by atoms with van der Waals surface area (Å²) in [5, 5.41) is 15.4. The Morgan fingerprint density at radius 3 is 2.85 bits per heavy atom. The van der Waals surface area contributed by atoms with E-state index in [0.717, 1.165) is 34.4 Å². The first kappa shape index (κ1) is 17.0. The van der Waals surface area contributed by atoms with Crippen molar-refractivity contribution in [2.75, 3.05) is 7.11 Å². The minimum absolute atomic E-state index is 0.507. The zero-order chi connectivity index (χ0) is 17.9. The van der Waals surface area contributed by atoms with Gasteiger partial charge in [0.05, 0.1) is 25.2 Å². The normalized spacial score (nSPS) is 24.1. The van der Waals surface area contributed by atoms with Gasteiger partial charge >= 0.3 is 0 Å². The third kappa shape index (κ3) is 3.58. The zero-order valence-electron chi connectivity index (χ0n) is 14.7. The molecule has 2 bridgehead atoms. The molecule has 1 heterocycles. The highest BCUT2D eigenvalue weighted by Gasteiger charge is 2.39. The van der Waals surface area contributed by atoms with Gasteiger partial charge in [0.15, 0.2) is 5.11 Å². The molecule has 0 saturated heterocycles. The smallest absolute Gasteiger partial charge is 0.187 e. The molecule has 26 heavy (non-hydrogen) atoms. The Hall–Kier alpha value is -2.41. The summed E-state index contributed by atoms with van der Waals surface area (Å²) in [7, 11) is 1.66. The number of hydrogen-bond acceptors (Lipinski definition) is 4. The third-order valence-corrected chi connectivity index (χ3v) is 5.68. The second-order valence-corrected chi connectivity index (χ2v) is 7.46. The Morgan fingerprint density at radius 1 is 1.31 bits per heavy atom. The van der Waals surface area contributed by atoms with Gasteiger partial charge in [0, 0.05) is 17.2 Å². The van der Waals surface area contributed by atoms with Gasteiger partial charge in [0.2, 0.25) is 0 Å². The fraction of sp³-hybridized carbons (Fsp3) is 0.421. The Kier molecular flexibility index (Phi) is 4.88. The molecule has 3 atom stereocenters. The van der Waals surface area contributed by atoms with Gasteiger partial charge in [-0.3, -0.25) is 10.5 Å². The van der Waals surface area contributed by atoms with Crippen molar-refractivity contribution >= 4 is 23.5 Å². The number of aromatic amines is 1. The number of H-pyrrole nitrogens is 1. The van der Waals surface area contributed by atoms with Crippen LogP contribution in [-0.2, 0) is 0 Å². The van der Waals surface area contributed by atoms with E-state index < -0.39 is 0 Å². The van der Waals surface area contributed by atoms with Crippen molar-refractivity contribution < 1.29 is 4.74 Å². The highest BCUT2D eigenvalue weighted by molar-refractivity contribution is 7.80. The molecule has 0 radical (unpaired) electrons. The first-order valence-electron chi connectivity index (χ1n) is 9.00. The molecule has 2 aromatic rings. The summed E-state index contributed by atoms with van der Waals surface area (Å²) in [6.07, 6.45) is 8.78. The first-order chi connectivity index (χ1) is 12.7. The summed E-state index contributed by atoms with van der Waals surface area (Å²) in [5.74, 6) is 2.49. The van der Waals surface area contributed by atoms with Crippen molar-refractivity contribution in [3.05, 3.63) is 36.0 Å². The number of ether oxygens (including phenoxy) is 1. The molecule has 2 saturated carbocycles. The lowest BCUT2D eigenvalue weighted by Gasteiger charge is -2.23. The van der Waals surface area contributed by atoms with Crippen LogP contribution >= 0.6 is 12.2 Å². The topological polar surface area (TPSA) is 74.3 Å². The van der Waals surface area contributed by atoms with Crippen molar-refractivity contribution in [2.24, 2.45) is 16.9 Å². The lowest BCUT2D eigenvalue weighted by Crippen LogP contribution is -2.42. The Balaban J connectivity index is 1.35. The maximum Gasteiger partial charge on any atom is 0.187 e. The SMILES string of the molecule is COc1ccc(-c2[nH]ncc2/C=N/NC(=S)NC2CC3CCC2C3)cc1. The van der Waals surface area contributed by atoms with E-state index >= 15 is 0 Å². The first-order valence-corrected chi connectivity index (χ1v) is 9.41. The van der Waals surface area contributed by atoms with Crippen molar-refractivity contribution in [2.45, 2.75) is 31.7 Å². The Labute approximate surface area is 158 Å². The predicted molar refractivity (Wildman–Crippen MR) is 106 cm³/mol. The maximum absolute atomic E-state index is 5.38. The van der Waals surface area contributed by atoms with Crippen LogP contribution in [0.4, 0.5) is 0 Å². The quantitative estimate of drug-likeness (QED) is 0.429. The van der Waals surface area contributed by atoms with Crippen LogP contribution in [0.2, 0.25) is 0 Å². The molecule has 4 rings (SSSR count). The summed E-state index contributed by atoms with van der Waals surface area (Å²) >= 11 is 5.38. The van der Waals surface area contributed by atoms with E-state index in [0.29, 0.717) is 11.2 Å². The molecule has 3 N–H and O–H groups in total. The molecule has 136 valence electrons. The third-order valence-electron chi connectivity index (χ3n) is 5.47. The Morgan fingerprint density at radius 2 is 2.15 bits per heavy atom. The van der Waals surface area contributed by atoms with Gasteiger partial charge in [-0.25, -0.2) is 0 Å². The zero-order valence-corrected chi connectivity index (χ0v) is 15.6. The molecular formula is C19H23N5OS. The average molecular weight is 369 g/mol. The van der Waals surface area contributed by atoms with Crippen LogP contribution < -0.4 is 15.5 Å². The fourth-order valence-corrected chi connectivity index (χ4v) is 4.37. The fourth-order valence-electron chi connectivity index (χ4n) is 4.16. The van der Waals surface area contributed by atoms with Crippen molar-refractivity contribution in [3.8, 4) is 17.0 Å². The van der Waals surface area contributed by atoms with E-state index in [1.165, 1.54) is 25.7 Å². The minimum atomic E-state index is 0.507. The largest absolute Gasteiger partial charge is 0.497 e. The van der Waals surface area contributed by atoms with E-state index in [1.54, 1.807) is 19.5 Å². The molecule has 1 aromatic heterocycles. The lowest BCUT2D eigenvalue weighted by molar-refractivity contribution is 0.389. The maximum atomic E-state index is 5.38. The molecule has 1 aromatic carbocycles. The second-order valence-electron chi connectivity index (χ2n) is 7.05. The van der Waals surface area contributed by atoms with Crippen LogP contribution in [0.5, 0.6) is 5.75 Å². The lowest BCUT2D eigenvalue weighted by atomic mass is 9.96.